The van der Waals surface area contributed by atoms with Crippen LogP contribution in [0.5, 0.6) is 5.75 Å². The summed E-state index contributed by atoms with van der Waals surface area (Å²) in [6.45, 7) is 3.45. The molecule has 0 saturated heterocycles. The van der Waals surface area contributed by atoms with E-state index < -0.39 is 6.04 Å². The van der Waals surface area contributed by atoms with Crippen LogP contribution >= 0.6 is 11.3 Å². The summed E-state index contributed by atoms with van der Waals surface area (Å²) in [7, 11) is 1.58. The highest BCUT2D eigenvalue weighted by atomic mass is 32.1. The number of anilines is 1. The molecule has 7 heteroatoms. The number of thiophene rings is 1. The number of methoxy groups -OCH3 is 1. The monoisotopic (exact) mass is 419 g/mol. The summed E-state index contributed by atoms with van der Waals surface area (Å²) in [5.74, 6) is 0.922. The van der Waals surface area contributed by atoms with Crippen LogP contribution in [0.15, 0.2) is 65.5 Å². The first kappa shape index (κ1) is 19.8. The van der Waals surface area contributed by atoms with Crippen LogP contribution in [0.4, 0.5) is 5.69 Å². The average molecular weight is 420 g/mol. The third-order valence-corrected chi connectivity index (χ3v) is 6.03. The second-order valence-corrected chi connectivity index (χ2v) is 7.95. The Bertz CT molecular complexity index is 1260. The summed E-state index contributed by atoms with van der Waals surface area (Å²) in [5, 5.41) is 3.37. The molecule has 0 bridgehead atoms. The van der Waals surface area contributed by atoms with Crippen LogP contribution < -0.4 is 15.6 Å². The zero-order valence-corrected chi connectivity index (χ0v) is 17.7. The summed E-state index contributed by atoms with van der Waals surface area (Å²) in [4.78, 5) is 32.3. The minimum atomic E-state index is -0.712. The molecule has 2 heterocycles. The Morgan fingerprint density at radius 3 is 2.50 bits per heavy atom. The van der Waals surface area contributed by atoms with E-state index in [0.717, 1.165) is 10.4 Å². The van der Waals surface area contributed by atoms with E-state index in [-0.39, 0.29) is 11.5 Å². The van der Waals surface area contributed by atoms with Crippen molar-refractivity contribution in [2.45, 2.75) is 19.9 Å². The van der Waals surface area contributed by atoms with Gasteiger partial charge in [0, 0.05) is 10.6 Å². The lowest BCUT2D eigenvalue weighted by molar-refractivity contribution is -0.118. The van der Waals surface area contributed by atoms with Crippen LogP contribution in [0.3, 0.4) is 0 Å². The van der Waals surface area contributed by atoms with Crippen molar-refractivity contribution in [1.29, 1.82) is 0 Å². The number of aryl methyl sites for hydroxylation is 1. The Labute approximate surface area is 177 Å². The Kier molecular flexibility index (Phi) is 5.37. The highest BCUT2D eigenvalue weighted by molar-refractivity contribution is 7.21. The first-order valence-electron chi connectivity index (χ1n) is 9.51. The minimum absolute atomic E-state index is 0.215. The molecule has 0 aliphatic heterocycles. The lowest BCUT2D eigenvalue weighted by Gasteiger charge is -2.17. The standard InChI is InChI=1S/C23H21N3O3S/c1-14(21(27)25-17-9-11-18(29-3)12-10-17)26-15(2)24-22-19(23(26)28)13-20(30-22)16-7-5-4-6-8-16/h4-14H,1-3H3,(H,25,27). The Hall–Kier alpha value is -3.45. The van der Waals surface area contributed by atoms with Crippen LogP contribution in [-0.2, 0) is 4.79 Å². The number of fused-ring (bicyclic) bond motifs is 1. The third kappa shape index (κ3) is 3.71. The first-order chi connectivity index (χ1) is 14.5. The molecule has 152 valence electrons. The number of carbonyl (C=O) groups excluding carboxylic acids is 1. The molecule has 4 aromatic rings. The Morgan fingerprint density at radius 2 is 1.83 bits per heavy atom. The van der Waals surface area contributed by atoms with Crippen molar-refractivity contribution in [2.75, 3.05) is 12.4 Å². The van der Waals surface area contributed by atoms with E-state index in [0.29, 0.717) is 27.5 Å². The molecule has 0 aliphatic carbocycles. The highest BCUT2D eigenvalue weighted by Gasteiger charge is 2.21. The van der Waals surface area contributed by atoms with Crippen LogP contribution in [0, 0.1) is 6.92 Å². The first-order valence-corrected chi connectivity index (χ1v) is 10.3. The summed E-state index contributed by atoms with van der Waals surface area (Å²) in [5.41, 5.74) is 1.46. The fraction of sp³-hybridized carbons (Fsp3) is 0.174. The molecule has 2 aromatic carbocycles. The van der Waals surface area contributed by atoms with E-state index in [1.807, 2.05) is 36.4 Å². The molecule has 1 N–H and O–H groups in total. The predicted octanol–water partition coefficient (Wildman–Crippen LogP) is 4.64. The van der Waals surface area contributed by atoms with Gasteiger partial charge in [0.15, 0.2) is 0 Å². The number of benzene rings is 2. The molecular weight excluding hydrogens is 398 g/mol. The molecule has 4 rings (SSSR count). The van der Waals surface area contributed by atoms with Gasteiger partial charge in [0.1, 0.15) is 22.4 Å². The SMILES string of the molecule is COc1ccc(NC(=O)C(C)n2c(C)nc3sc(-c4ccccc4)cc3c2=O)cc1. The van der Waals surface area contributed by atoms with Gasteiger partial charge in [-0.1, -0.05) is 30.3 Å². The lowest BCUT2D eigenvalue weighted by Crippen LogP contribution is -2.33. The van der Waals surface area contributed by atoms with Gasteiger partial charge in [-0.05, 0) is 49.7 Å². The maximum absolute atomic E-state index is 13.2. The number of carbonyl (C=O) groups is 1. The Morgan fingerprint density at radius 1 is 1.13 bits per heavy atom. The molecule has 0 spiro atoms. The van der Waals surface area contributed by atoms with Crippen LogP contribution in [-0.4, -0.2) is 22.6 Å². The van der Waals surface area contributed by atoms with Gasteiger partial charge in [-0.15, -0.1) is 11.3 Å². The molecule has 0 aliphatic rings. The lowest BCUT2D eigenvalue weighted by atomic mass is 10.2. The molecule has 0 radical (unpaired) electrons. The third-order valence-electron chi connectivity index (χ3n) is 4.96. The average Bonchev–Trinajstić information content (AvgIpc) is 3.19. The summed E-state index contributed by atoms with van der Waals surface area (Å²) in [6.07, 6.45) is 0. The number of amides is 1. The van der Waals surface area contributed by atoms with E-state index >= 15 is 0 Å². The molecule has 1 atom stereocenters. The molecular formula is C23H21N3O3S. The largest absolute Gasteiger partial charge is 0.497 e. The topological polar surface area (TPSA) is 73.2 Å². The van der Waals surface area contributed by atoms with Crippen molar-refractivity contribution >= 4 is 33.1 Å². The zero-order chi connectivity index (χ0) is 21.3. The fourth-order valence-corrected chi connectivity index (χ4v) is 4.41. The molecule has 1 amide bonds. The maximum Gasteiger partial charge on any atom is 0.263 e. The molecule has 2 aromatic heterocycles. The van der Waals surface area contributed by atoms with E-state index in [1.54, 1.807) is 45.2 Å². The van der Waals surface area contributed by atoms with Crippen LogP contribution in [0.25, 0.3) is 20.7 Å². The van der Waals surface area contributed by atoms with E-state index in [4.69, 9.17) is 4.74 Å². The number of aromatic nitrogens is 2. The number of nitrogens with zero attached hydrogens (tertiary/aromatic N) is 2. The number of hydrogen-bond donors (Lipinski definition) is 1. The van der Waals surface area contributed by atoms with Gasteiger partial charge in [-0.25, -0.2) is 4.98 Å². The number of nitrogens with one attached hydrogen (secondary N) is 1. The summed E-state index contributed by atoms with van der Waals surface area (Å²) < 4.78 is 6.58. The second kappa shape index (κ2) is 8.12. The zero-order valence-electron chi connectivity index (χ0n) is 16.9. The van der Waals surface area contributed by atoms with E-state index in [9.17, 15) is 9.59 Å². The second-order valence-electron chi connectivity index (χ2n) is 6.92. The summed E-state index contributed by atoms with van der Waals surface area (Å²) in [6, 6.07) is 18.1. The molecule has 0 saturated carbocycles. The van der Waals surface area contributed by atoms with Crippen molar-refractivity contribution in [2.24, 2.45) is 0 Å². The molecule has 6 nitrogen and oxygen atoms in total. The number of rotatable bonds is 5. The normalized spacial score (nSPS) is 12.0. The summed E-state index contributed by atoms with van der Waals surface area (Å²) >= 11 is 1.48. The van der Waals surface area contributed by atoms with Gasteiger partial charge >= 0.3 is 0 Å². The van der Waals surface area contributed by atoms with E-state index in [2.05, 4.69) is 10.3 Å². The van der Waals surface area contributed by atoms with Crippen molar-refractivity contribution < 1.29 is 9.53 Å². The van der Waals surface area contributed by atoms with Gasteiger partial charge < -0.3 is 10.1 Å². The van der Waals surface area contributed by atoms with Crippen LogP contribution in [0.2, 0.25) is 0 Å². The Balaban J connectivity index is 1.67. The van der Waals surface area contributed by atoms with Gasteiger partial charge in [0.05, 0.1) is 12.5 Å². The van der Waals surface area contributed by atoms with Crippen molar-refractivity contribution in [1.82, 2.24) is 9.55 Å². The predicted molar refractivity (Wildman–Crippen MR) is 120 cm³/mol. The van der Waals surface area contributed by atoms with Crippen molar-refractivity contribution in [3.8, 4) is 16.2 Å². The molecule has 1 unspecified atom stereocenters. The smallest absolute Gasteiger partial charge is 0.263 e. The molecule has 30 heavy (non-hydrogen) atoms. The van der Waals surface area contributed by atoms with Gasteiger partial charge in [0.25, 0.3) is 5.56 Å². The number of ether oxygens (including phenoxy) is 1. The quantitative estimate of drug-likeness (QED) is 0.511. The number of hydrogen-bond acceptors (Lipinski definition) is 5. The van der Waals surface area contributed by atoms with E-state index in [1.165, 1.54) is 15.9 Å². The maximum atomic E-state index is 13.2. The molecule has 0 fully saturated rings. The van der Waals surface area contributed by atoms with Crippen LogP contribution in [0.1, 0.15) is 18.8 Å². The van der Waals surface area contributed by atoms with Crippen molar-refractivity contribution in [3.63, 3.8) is 0 Å². The van der Waals surface area contributed by atoms with Gasteiger partial charge in [0.2, 0.25) is 5.91 Å². The fourth-order valence-electron chi connectivity index (χ4n) is 3.33. The minimum Gasteiger partial charge on any atom is -0.497 e. The van der Waals surface area contributed by atoms with Crippen molar-refractivity contribution in [3.05, 3.63) is 76.8 Å². The van der Waals surface area contributed by atoms with Gasteiger partial charge in [-0.2, -0.15) is 0 Å². The van der Waals surface area contributed by atoms with Gasteiger partial charge in [-0.3, -0.25) is 14.2 Å². The highest BCUT2D eigenvalue weighted by Crippen LogP contribution is 2.31.